The van der Waals surface area contributed by atoms with E-state index in [1.54, 1.807) is 13.1 Å². The van der Waals surface area contributed by atoms with E-state index in [1.165, 1.54) is 25.9 Å². The topological polar surface area (TPSA) is 70.4 Å². The number of aromatic nitrogens is 1. The van der Waals surface area contributed by atoms with Crippen molar-refractivity contribution in [2.75, 3.05) is 32.0 Å². The van der Waals surface area contributed by atoms with Gasteiger partial charge in [-0.05, 0) is 44.0 Å². The second kappa shape index (κ2) is 6.37. The maximum Gasteiger partial charge on any atom is 0.295 e. The van der Waals surface area contributed by atoms with Crippen LogP contribution in [-0.2, 0) is 0 Å². The molecule has 2 bridgehead atoms. The first kappa shape index (κ1) is 16.1. The number of carbonyl (C=O) groups is 1. The Morgan fingerprint density at radius 2 is 2.13 bits per heavy atom. The third-order valence-electron chi connectivity index (χ3n) is 4.85. The Morgan fingerprint density at radius 3 is 2.78 bits per heavy atom. The van der Waals surface area contributed by atoms with Crippen molar-refractivity contribution in [3.8, 4) is 0 Å². The molecule has 7 heteroatoms. The number of halogens is 1. The molecule has 2 N–H and O–H groups in total. The Morgan fingerprint density at radius 1 is 1.35 bits per heavy atom. The molecule has 0 aliphatic carbocycles. The van der Waals surface area contributed by atoms with E-state index in [1.807, 2.05) is 12.1 Å². The summed E-state index contributed by atoms with van der Waals surface area (Å²) in [7, 11) is 1.75. The van der Waals surface area contributed by atoms with Crippen LogP contribution in [0.15, 0.2) is 22.6 Å². The summed E-state index contributed by atoms with van der Waals surface area (Å²) in [4.78, 5) is 19.4. The number of anilines is 1. The second-order valence-corrected chi connectivity index (χ2v) is 6.14. The van der Waals surface area contributed by atoms with Crippen molar-refractivity contribution >= 4 is 35.4 Å². The monoisotopic (exact) mass is 336 g/mol. The molecular formula is C16H21ClN4O2. The predicted octanol–water partition coefficient (Wildman–Crippen LogP) is 2.12. The van der Waals surface area contributed by atoms with Crippen LogP contribution in [0.2, 0.25) is 0 Å². The van der Waals surface area contributed by atoms with Crippen LogP contribution >= 0.6 is 12.4 Å². The summed E-state index contributed by atoms with van der Waals surface area (Å²) in [6.45, 7) is 3.30. The molecule has 0 radical (unpaired) electrons. The largest absolute Gasteiger partial charge is 0.424 e. The number of para-hydroxylation sites is 1. The summed E-state index contributed by atoms with van der Waals surface area (Å²) in [6.07, 6.45) is 2.37. The van der Waals surface area contributed by atoms with E-state index < -0.39 is 0 Å². The first-order chi connectivity index (χ1) is 10.7. The van der Waals surface area contributed by atoms with Gasteiger partial charge >= 0.3 is 0 Å². The molecule has 1 atom stereocenters. The maximum absolute atomic E-state index is 12.7. The highest BCUT2D eigenvalue weighted by Gasteiger charge is 2.35. The zero-order valence-electron chi connectivity index (χ0n) is 13.0. The van der Waals surface area contributed by atoms with E-state index in [0.717, 1.165) is 6.54 Å². The average molecular weight is 337 g/mol. The molecule has 3 saturated heterocycles. The normalized spacial score (nSPS) is 25.9. The van der Waals surface area contributed by atoms with Gasteiger partial charge in [-0.3, -0.25) is 4.79 Å². The van der Waals surface area contributed by atoms with Crippen molar-refractivity contribution in [1.29, 1.82) is 0 Å². The summed E-state index contributed by atoms with van der Waals surface area (Å²) < 4.78 is 5.54. The Labute approximate surface area is 141 Å². The lowest BCUT2D eigenvalue weighted by atomic mass is 9.84. The summed E-state index contributed by atoms with van der Waals surface area (Å²) in [5, 5.41) is 6.07. The van der Waals surface area contributed by atoms with Gasteiger partial charge in [0.25, 0.3) is 11.9 Å². The highest BCUT2D eigenvalue weighted by molar-refractivity contribution is 6.04. The first-order valence-corrected chi connectivity index (χ1v) is 7.85. The van der Waals surface area contributed by atoms with Gasteiger partial charge in [-0.25, -0.2) is 0 Å². The smallest absolute Gasteiger partial charge is 0.295 e. The minimum Gasteiger partial charge on any atom is -0.424 e. The van der Waals surface area contributed by atoms with Crippen LogP contribution in [0.1, 0.15) is 23.2 Å². The summed E-state index contributed by atoms with van der Waals surface area (Å²) >= 11 is 0. The summed E-state index contributed by atoms with van der Waals surface area (Å²) in [6, 6.07) is 6.15. The average Bonchev–Trinajstić information content (AvgIpc) is 2.99. The molecular weight excluding hydrogens is 316 g/mol. The van der Waals surface area contributed by atoms with Crippen molar-refractivity contribution in [1.82, 2.24) is 15.2 Å². The zero-order chi connectivity index (χ0) is 15.1. The lowest BCUT2D eigenvalue weighted by Crippen LogP contribution is -2.57. The number of carbonyl (C=O) groups excluding carboxylic acids is 1. The molecule has 1 amide bonds. The molecule has 1 unspecified atom stereocenters. The fourth-order valence-electron chi connectivity index (χ4n) is 3.61. The highest BCUT2D eigenvalue weighted by Crippen LogP contribution is 2.28. The number of piperidine rings is 3. The van der Waals surface area contributed by atoms with E-state index in [9.17, 15) is 4.79 Å². The van der Waals surface area contributed by atoms with E-state index >= 15 is 0 Å². The lowest BCUT2D eigenvalue weighted by Gasteiger charge is -2.44. The van der Waals surface area contributed by atoms with Crippen LogP contribution in [0, 0.1) is 5.92 Å². The number of nitrogens with zero attached hydrogens (tertiary/aromatic N) is 2. The molecule has 5 rings (SSSR count). The Bertz CT molecular complexity index is 709. The molecule has 1 aromatic heterocycles. The van der Waals surface area contributed by atoms with E-state index in [0.29, 0.717) is 28.6 Å². The van der Waals surface area contributed by atoms with Gasteiger partial charge in [0, 0.05) is 19.6 Å². The number of benzene rings is 1. The van der Waals surface area contributed by atoms with Crippen molar-refractivity contribution in [2.45, 2.75) is 18.9 Å². The number of fused-ring (bicyclic) bond motifs is 4. The summed E-state index contributed by atoms with van der Waals surface area (Å²) in [5.74, 6) is 0.554. The number of hydrogen-bond donors (Lipinski definition) is 2. The Kier molecular flexibility index (Phi) is 4.46. The maximum atomic E-state index is 12.7. The third-order valence-corrected chi connectivity index (χ3v) is 4.85. The van der Waals surface area contributed by atoms with Crippen LogP contribution < -0.4 is 10.6 Å². The lowest BCUT2D eigenvalue weighted by molar-refractivity contribution is 0.0621. The quantitative estimate of drug-likeness (QED) is 0.898. The molecule has 1 aromatic carbocycles. The number of oxazole rings is 1. The summed E-state index contributed by atoms with van der Waals surface area (Å²) in [5.41, 5.74) is 1.83. The standard InChI is InChI=1S/C16H20N4O2.ClH/c1-17-16-19-14-11(3-2-4-13(14)22-16)15(21)18-12-9-20-7-5-10(12)6-8-20;/h2-4,10,12H,5-9H2,1H3,(H,17,19)(H,18,21);1H. The fourth-order valence-corrected chi connectivity index (χ4v) is 3.61. The van der Waals surface area contributed by atoms with Gasteiger partial charge in [-0.15, -0.1) is 12.4 Å². The number of rotatable bonds is 3. The molecule has 4 heterocycles. The molecule has 23 heavy (non-hydrogen) atoms. The molecule has 3 fully saturated rings. The molecule has 3 aliphatic rings. The predicted molar refractivity (Wildman–Crippen MR) is 91.2 cm³/mol. The van der Waals surface area contributed by atoms with Gasteiger partial charge < -0.3 is 20.0 Å². The number of hydrogen-bond acceptors (Lipinski definition) is 5. The fraction of sp³-hybridized carbons (Fsp3) is 0.500. The van der Waals surface area contributed by atoms with Gasteiger partial charge in [0.15, 0.2) is 5.58 Å². The van der Waals surface area contributed by atoms with Gasteiger partial charge in [0.1, 0.15) is 5.52 Å². The van der Waals surface area contributed by atoms with Gasteiger partial charge in [-0.1, -0.05) is 6.07 Å². The van der Waals surface area contributed by atoms with Crippen molar-refractivity contribution < 1.29 is 9.21 Å². The number of amides is 1. The minimum absolute atomic E-state index is 0. The second-order valence-electron chi connectivity index (χ2n) is 6.14. The number of nitrogens with one attached hydrogen (secondary N) is 2. The SMILES string of the molecule is CNc1nc2c(C(=O)NC3CN4CCC3CC4)cccc2o1.Cl. The molecule has 2 aromatic rings. The van der Waals surface area contributed by atoms with Crippen molar-refractivity contribution in [3.63, 3.8) is 0 Å². The first-order valence-electron chi connectivity index (χ1n) is 7.85. The van der Waals surface area contributed by atoms with Gasteiger partial charge in [-0.2, -0.15) is 4.98 Å². The van der Waals surface area contributed by atoms with Crippen LogP contribution in [0.3, 0.4) is 0 Å². The van der Waals surface area contributed by atoms with Gasteiger partial charge in [0.2, 0.25) is 0 Å². The van der Waals surface area contributed by atoms with Crippen LogP contribution in [0.5, 0.6) is 0 Å². The highest BCUT2D eigenvalue weighted by atomic mass is 35.5. The Balaban J connectivity index is 0.00000156. The van der Waals surface area contributed by atoms with Gasteiger partial charge in [0.05, 0.1) is 5.56 Å². The molecule has 0 saturated carbocycles. The van der Waals surface area contributed by atoms with Crippen molar-refractivity contribution in [3.05, 3.63) is 23.8 Å². The minimum atomic E-state index is -0.0553. The van der Waals surface area contributed by atoms with Crippen LogP contribution in [-0.4, -0.2) is 48.5 Å². The van der Waals surface area contributed by atoms with Crippen LogP contribution in [0.4, 0.5) is 6.01 Å². The zero-order valence-corrected chi connectivity index (χ0v) is 13.9. The van der Waals surface area contributed by atoms with E-state index in [4.69, 9.17) is 4.42 Å². The third kappa shape index (κ3) is 2.88. The van der Waals surface area contributed by atoms with Crippen molar-refractivity contribution in [2.24, 2.45) is 5.92 Å². The molecule has 6 nitrogen and oxygen atoms in total. The van der Waals surface area contributed by atoms with Crippen LogP contribution in [0.25, 0.3) is 11.1 Å². The Hall–Kier alpha value is -1.79. The van der Waals surface area contributed by atoms with E-state index in [-0.39, 0.29) is 24.4 Å². The molecule has 0 spiro atoms. The molecule has 124 valence electrons. The van der Waals surface area contributed by atoms with E-state index in [2.05, 4.69) is 20.5 Å². The molecule has 3 aliphatic heterocycles.